The Morgan fingerprint density at radius 2 is 1.97 bits per heavy atom. The van der Waals surface area contributed by atoms with Crippen LogP contribution in [0.5, 0.6) is 0 Å². The summed E-state index contributed by atoms with van der Waals surface area (Å²) in [7, 11) is 0. The Labute approximate surface area is 179 Å². The first kappa shape index (κ1) is 21.4. The summed E-state index contributed by atoms with van der Waals surface area (Å²) in [5.74, 6) is -3.01. The summed E-state index contributed by atoms with van der Waals surface area (Å²) in [4.78, 5) is 40.0. The Morgan fingerprint density at radius 1 is 1.23 bits per heavy atom. The molecule has 1 atom stereocenters. The van der Waals surface area contributed by atoms with Gasteiger partial charge in [-0.1, -0.05) is 19.9 Å². The van der Waals surface area contributed by atoms with E-state index in [2.05, 4.69) is 0 Å². The summed E-state index contributed by atoms with van der Waals surface area (Å²) in [5, 5.41) is 3.43. The summed E-state index contributed by atoms with van der Waals surface area (Å²) in [6.07, 6.45) is -3.98. The van der Waals surface area contributed by atoms with Gasteiger partial charge in [0.25, 0.3) is 11.8 Å². The van der Waals surface area contributed by atoms with Crippen LogP contribution in [0.25, 0.3) is 0 Å². The molecular weight excluding hydrogens is 433 g/mol. The van der Waals surface area contributed by atoms with Crippen molar-refractivity contribution < 1.29 is 32.0 Å². The standard InChI is InChI=1S/C21H19F3N2O4S/c1-19(2)9-13-16(14(27)10-19)20(21(22,23)24,25-17(28)15-6-4-8-31-15)18(29)26(13)11-12-5-3-7-30-12/h3-8H,9-11H2,1-2H3,(H,25,28)/t20-/m0/s1. The van der Waals surface area contributed by atoms with Gasteiger partial charge in [0.1, 0.15) is 5.76 Å². The molecule has 1 aliphatic heterocycles. The van der Waals surface area contributed by atoms with Crippen molar-refractivity contribution in [2.24, 2.45) is 5.41 Å². The van der Waals surface area contributed by atoms with E-state index in [4.69, 9.17) is 4.42 Å². The van der Waals surface area contributed by atoms with Gasteiger partial charge in [0.15, 0.2) is 5.78 Å². The number of nitrogens with zero attached hydrogens (tertiary/aromatic N) is 1. The summed E-state index contributed by atoms with van der Waals surface area (Å²) in [5.41, 5.74) is -4.80. The molecule has 0 unspecified atom stereocenters. The average molecular weight is 452 g/mol. The van der Waals surface area contributed by atoms with E-state index in [1.807, 2.05) is 5.32 Å². The van der Waals surface area contributed by atoms with Crippen LogP contribution in [-0.4, -0.2) is 34.2 Å². The zero-order chi connectivity index (χ0) is 22.6. The lowest BCUT2D eigenvalue weighted by atomic mass is 9.72. The second kappa shape index (κ2) is 7.08. The molecule has 1 N–H and O–H groups in total. The first-order valence-electron chi connectivity index (χ1n) is 9.50. The third-order valence-electron chi connectivity index (χ3n) is 5.48. The lowest BCUT2D eigenvalue weighted by molar-refractivity contribution is -0.191. The Hall–Kier alpha value is -2.88. The smallest absolute Gasteiger partial charge is 0.425 e. The summed E-state index contributed by atoms with van der Waals surface area (Å²) in [6.45, 7) is 3.23. The number of thiophene rings is 1. The molecule has 2 aliphatic rings. The molecule has 0 radical (unpaired) electrons. The number of alkyl halides is 3. The Bertz CT molecular complexity index is 1070. The molecule has 164 valence electrons. The Kier molecular flexibility index (Phi) is 4.88. The molecule has 0 saturated heterocycles. The van der Waals surface area contributed by atoms with Gasteiger partial charge < -0.3 is 14.6 Å². The predicted molar refractivity (Wildman–Crippen MR) is 105 cm³/mol. The second-order valence-electron chi connectivity index (χ2n) is 8.41. The molecule has 2 amide bonds. The van der Waals surface area contributed by atoms with Gasteiger partial charge in [0.05, 0.1) is 23.3 Å². The zero-order valence-corrected chi connectivity index (χ0v) is 17.5. The van der Waals surface area contributed by atoms with Crippen LogP contribution in [0.15, 0.2) is 51.6 Å². The van der Waals surface area contributed by atoms with E-state index in [0.29, 0.717) is 0 Å². The van der Waals surface area contributed by atoms with E-state index in [0.717, 1.165) is 16.2 Å². The molecule has 2 aromatic heterocycles. The number of hydrogen-bond donors (Lipinski definition) is 1. The number of hydrogen-bond acceptors (Lipinski definition) is 5. The summed E-state index contributed by atoms with van der Waals surface area (Å²) < 4.78 is 49.0. The lowest BCUT2D eigenvalue weighted by Gasteiger charge is -2.35. The Morgan fingerprint density at radius 3 is 2.55 bits per heavy atom. The zero-order valence-electron chi connectivity index (χ0n) is 16.7. The monoisotopic (exact) mass is 452 g/mol. The SMILES string of the molecule is CC1(C)CC(=O)C2=C(C1)N(Cc1ccco1)C(=O)[C@]2(NC(=O)c1cccs1)C(F)(F)F. The fraction of sp³-hybridized carbons (Fsp3) is 0.381. The normalized spacial score (nSPS) is 23.3. The molecule has 31 heavy (non-hydrogen) atoms. The van der Waals surface area contributed by atoms with Crippen molar-refractivity contribution in [3.05, 3.63) is 57.8 Å². The minimum atomic E-state index is -5.23. The van der Waals surface area contributed by atoms with Gasteiger partial charge in [0, 0.05) is 12.1 Å². The number of carbonyl (C=O) groups is 3. The van der Waals surface area contributed by atoms with E-state index in [1.54, 1.807) is 19.9 Å². The van der Waals surface area contributed by atoms with Gasteiger partial charge in [-0.2, -0.15) is 13.2 Å². The van der Waals surface area contributed by atoms with Crippen LogP contribution < -0.4 is 5.32 Å². The van der Waals surface area contributed by atoms with Crippen molar-refractivity contribution in [3.63, 3.8) is 0 Å². The maximum absolute atomic E-state index is 14.6. The van der Waals surface area contributed by atoms with Crippen LogP contribution >= 0.6 is 11.3 Å². The molecule has 6 nitrogen and oxygen atoms in total. The fourth-order valence-corrected chi connectivity index (χ4v) is 4.81. The number of furan rings is 1. The predicted octanol–water partition coefficient (Wildman–Crippen LogP) is 4.06. The highest BCUT2D eigenvalue weighted by Crippen LogP contribution is 2.52. The number of halogens is 3. The Balaban J connectivity index is 1.88. The summed E-state index contributed by atoms with van der Waals surface area (Å²) >= 11 is 0.939. The minimum absolute atomic E-state index is 0.00616. The lowest BCUT2D eigenvalue weighted by Crippen LogP contribution is -2.66. The third-order valence-corrected chi connectivity index (χ3v) is 6.35. The number of carbonyl (C=O) groups excluding carboxylic acids is 3. The molecule has 2 aromatic rings. The van der Waals surface area contributed by atoms with Crippen molar-refractivity contribution in [2.45, 2.75) is 44.9 Å². The summed E-state index contributed by atoms with van der Waals surface area (Å²) in [6, 6.07) is 5.95. The average Bonchev–Trinajstić information content (AvgIpc) is 3.38. The van der Waals surface area contributed by atoms with Gasteiger partial charge in [-0.05, 0) is 35.4 Å². The van der Waals surface area contributed by atoms with Crippen molar-refractivity contribution in [1.29, 1.82) is 0 Å². The molecule has 0 bridgehead atoms. The van der Waals surface area contributed by atoms with Gasteiger partial charge in [-0.15, -0.1) is 11.3 Å². The largest absolute Gasteiger partial charge is 0.467 e. The van der Waals surface area contributed by atoms with Crippen LogP contribution in [0.3, 0.4) is 0 Å². The van der Waals surface area contributed by atoms with Gasteiger partial charge in [-0.3, -0.25) is 14.4 Å². The first-order chi connectivity index (χ1) is 14.5. The van der Waals surface area contributed by atoms with Crippen molar-refractivity contribution in [1.82, 2.24) is 10.2 Å². The number of rotatable bonds is 4. The molecular formula is C21H19F3N2O4S. The number of allylic oxidation sites excluding steroid dienone is 1. The van der Waals surface area contributed by atoms with Crippen LogP contribution in [-0.2, 0) is 16.1 Å². The molecule has 0 fully saturated rings. The third kappa shape index (κ3) is 3.38. The van der Waals surface area contributed by atoms with E-state index in [-0.39, 0.29) is 35.7 Å². The fourth-order valence-electron chi connectivity index (χ4n) is 4.19. The first-order valence-corrected chi connectivity index (χ1v) is 10.4. The van der Waals surface area contributed by atoms with Crippen molar-refractivity contribution in [2.75, 3.05) is 0 Å². The molecule has 1 aliphatic carbocycles. The van der Waals surface area contributed by atoms with Crippen LogP contribution in [0.1, 0.15) is 42.1 Å². The van der Waals surface area contributed by atoms with E-state index >= 15 is 0 Å². The molecule has 3 heterocycles. The molecule has 0 spiro atoms. The maximum Gasteiger partial charge on any atom is 0.425 e. The van der Waals surface area contributed by atoms with Crippen LogP contribution in [0, 0.1) is 5.41 Å². The molecule has 0 aromatic carbocycles. The molecule has 10 heteroatoms. The van der Waals surface area contributed by atoms with Crippen molar-refractivity contribution >= 4 is 28.9 Å². The highest BCUT2D eigenvalue weighted by atomic mass is 32.1. The van der Waals surface area contributed by atoms with E-state index in [9.17, 15) is 27.6 Å². The quantitative estimate of drug-likeness (QED) is 0.759. The number of ketones is 1. The second-order valence-corrected chi connectivity index (χ2v) is 9.36. The number of nitrogens with one attached hydrogen (secondary N) is 1. The number of amides is 2. The highest BCUT2D eigenvalue weighted by Gasteiger charge is 2.71. The topological polar surface area (TPSA) is 79.6 Å². The van der Waals surface area contributed by atoms with Gasteiger partial charge in [0.2, 0.25) is 5.54 Å². The number of Topliss-reactive ketones (excluding diaryl/α,β-unsaturated/α-hetero) is 1. The van der Waals surface area contributed by atoms with E-state index < -0.39 is 40.3 Å². The van der Waals surface area contributed by atoms with Crippen LogP contribution in [0.4, 0.5) is 13.2 Å². The van der Waals surface area contributed by atoms with Gasteiger partial charge >= 0.3 is 6.18 Å². The molecule has 4 rings (SSSR count). The van der Waals surface area contributed by atoms with Crippen LogP contribution in [0.2, 0.25) is 0 Å². The maximum atomic E-state index is 14.6. The van der Waals surface area contributed by atoms with E-state index in [1.165, 1.54) is 29.8 Å². The van der Waals surface area contributed by atoms with Gasteiger partial charge in [-0.25, -0.2) is 0 Å². The minimum Gasteiger partial charge on any atom is -0.467 e. The highest BCUT2D eigenvalue weighted by molar-refractivity contribution is 7.12. The molecule has 0 saturated carbocycles. The van der Waals surface area contributed by atoms with Crippen molar-refractivity contribution in [3.8, 4) is 0 Å².